The molecule has 2 aromatic rings. The Morgan fingerprint density at radius 2 is 2.09 bits per heavy atom. The van der Waals surface area contributed by atoms with Crippen molar-refractivity contribution in [1.82, 2.24) is 24.6 Å². The van der Waals surface area contributed by atoms with E-state index >= 15 is 0 Å². The second kappa shape index (κ2) is 6.76. The summed E-state index contributed by atoms with van der Waals surface area (Å²) >= 11 is 1.66. The molecule has 0 N–H and O–H groups in total. The zero-order chi connectivity index (χ0) is 15.5. The van der Waals surface area contributed by atoms with E-state index in [0.29, 0.717) is 18.1 Å². The molecule has 0 saturated carbocycles. The molecule has 7 heteroatoms. The summed E-state index contributed by atoms with van der Waals surface area (Å²) < 4.78 is 16.0. The van der Waals surface area contributed by atoms with E-state index in [4.69, 9.17) is 0 Å². The summed E-state index contributed by atoms with van der Waals surface area (Å²) in [6.07, 6.45) is 1.11. The molecule has 5 nitrogen and oxygen atoms in total. The fourth-order valence-electron chi connectivity index (χ4n) is 2.50. The second-order valence-electron chi connectivity index (χ2n) is 5.68. The molecular weight excluding hydrogens is 301 g/mol. The first-order valence-corrected chi connectivity index (χ1v) is 8.31. The van der Waals surface area contributed by atoms with Crippen molar-refractivity contribution in [1.29, 1.82) is 0 Å². The third kappa shape index (κ3) is 3.31. The van der Waals surface area contributed by atoms with Gasteiger partial charge in [-0.2, -0.15) is 0 Å². The molecule has 1 aromatic carbocycles. The van der Waals surface area contributed by atoms with Gasteiger partial charge >= 0.3 is 0 Å². The van der Waals surface area contributed by atoms with Crippen LogP contribution in [0.2, 0.25) is 0 Å². The van der Waals surface area contributed by atoms with Gasteiger partial charge in [0.1, 0.15) is 5.82 Å². The Morgan fingerprint density at radius 1 is 1.27 bits per heavy atom. The molecule has 0 radical (unpaired) electrons. The highest BCUT2D eigenvalue weighted by Crippen LogP contribution is 2.29. The fraction of sp³-hybridized carbons (Fsp3) is 0.467. The number of rotatable bonds is 5. The Morgan fingerprint density at radius 3 is 2.86 bits per heavy atom. The van der Waals surface area contributed by atoms with Gasteiger partial charge < -0.3 is 4.90 Å². The highest BCUT2D eigenvalue weighted by molar-refractivity contribution is 7.99. The summed E-state index contributed by atoms with van der Waals surface area (Å²) in [5.74, 6) is 1.26. The molecule has 3 rings (SSSR count). The smallest absolute Gasteiger partial charge is 0.193 e. The average molecular weight is 321 g/mol. The van der Waals surface area contributed by atoms with Gasteiger partial charge in [-0.05, 0) is 39.2 Å². The van der Waals surface area contributed by atoms with Gasteiger partial charge in [0.25, 0.3) is 0 Å². The van der Waals surface area contributed by atoms with Crippen molar-refractivity contribution in [3.63, 3.8) is 0 Å². The Hall–Kier alpha value is -1.44. The summed E-state index contributed by atoms with van der Waals surface area (Å²) in [5, 5.41) is 9.24. The molecule has 22 heavy (non-hydrogen) atoms. The molecular formula is C15H20FN5S. The quantitative estimate of drug-likeness (QED) is 0.845. The Kier molecular flexibility index (Phi) is 4.75. The van der Waals surface area contributed by atoms with Gasteiger partial charge in [0.15, 0.2) is 11.0 Å². The number of halogens is 1. The molecule has 0 atom stereocenters. The van der Waals surface area contributed by atoms with E-state index in [9.17, 15) is 4.39 Å². The van der Waals surface area contributed by atoms with Crippen LogP contribution in [-0.4, -0.2) is 57.6 Å². The van der Waals surface area contributed by atoms with E-state index in [0.717, 1.165) is 30.5 Å². The fourth-order valence-corrected chi connectivity index (χ4v) is 3.41. The van der Waals surface area contributed by atoms with Crippen molar-refractivity contribution in [2.45, 2.75) is 18.2 Å². The molecule has 0 fully saturated rings. The van der Waals surface area contributed by atoms with Crippen LogP contribution in [0.25, 0.3) is 11.4 Å². The number of hydrogen-bond donors (Lipinski definition) is 0. The number of thioether (sulfide) groups is 1. The molecule has 1 aliphatic heterocycles. The van der Waals surface area contributed by atoms with Crippen molar-refractivity contribution >= 4 is 11.8 Å². The maximum absolute atomic E-state index is 14.0. The normalized spacial score (nSPS) is 15.3. The monoisotopic (exact) mass is 321 g/mol. The molecule has 0 spiro atoms. The number of nitrogens with zero attached hydrogens (tertiary/aromatic N) is 5. The first-order chi connectivity index (χ1) is 10.6. The lowest BCUT2D eigenvalue weighted by molar-refractivity contribution is 0.226. The SMILES string of the molecule is CN(C)CCCN1CSc2nnc(-c3ccccc3F)n2C1. The van der Waals surface area contributed by atoms with Crippen molar-refractivity contribution in [3.05, 3.63) is 30.1 Å². The van der Waals surface area contributed by atoms with Crippen LogP contribution in [0.15, 0.2) is 29.4 Å². The van der Waals surface area contributed by atoms with Gasteiger partial charge in [-0.15, -0.1) is 10.2 Å². The number of benzene rings is 1. The maximum atomic E-state index is 14.0. The summed E-state index contributed by atoms with van der Waals surface area (Å²) in [6.45, 7) is 2.79. The average Bonchev–Trinajstić information content (AvgIpc) is 2.90. The highest BCUT2D eigenvalue weighted by Gasteiger charge is 2.23. The lowest BCUT2D eigenvalue weighted by Crippen LogP contribution is -2.32. The van der Waals surface area contributed by atoms with Crippen LogP contribution >= 0.6 is 11.8 Å². The summed E-state index contributed by atoms with van der Waals surface area (Å²) in [6, 6.07) is 6.73. The van der Waals surface area contributed by atoms with Crippen molar-refractivity contribution in [2.75, 3.05) is 33.1 Å². The maximum Gasteiger partial charge on any atom is 0.193 e. The molecule has 0 saturated heterocycles. The van der Waals surface area contributed by atoms with Gasteiger partial charge in [0.05, 0.1) is 18.1 Å². The zero-order valence-electron chi connectivity index (χ0n) is 12.9. The minimum Gasteiger partial charge on any atom is -0.309 e. The minimum absolute atomic E-state index is 0.257. The summed E-state index contributed by atoms with van der Waals surface area (Å²) in [5.41, 5.74) is 0.511. The van der Waals surface area contributed by atoms with Crippen LogP contribution in [0.5, 0.6) is 0 Å². The van der Waals surface area contributed by atoms with E-state index in [1.54, 1.807) is 23.9 Å². The topological polar surface area (TPSA) is 37.2 Å². The van der Waals surface area contributed by atoms with Crippen molar-refractivity contribution in [2.24, 2.45) is 0 Å². The van der Waals surface area contributed by atoms with Gasteiger partial charge in [0.2, 0.25) is 0 Å². The molecule has 2 heterocycles. The number of aromatic nitrogens is 3. The Bertz CT molecular complexity index is 643. The van der Waals surface area contributed by atoms with Crippen LogP contribution in [0.3, 0.4) is 0 Å². The minimum atomic E-state index is -0.257. The van der Waals surface area contributed by atoms with Crippen LogP contribution < -0.4 is 0 Å². The first-order valence-electron chi connectivity index (χ1n) is 7.33. The molecule has 0 bridgehead atoms. The second-order valence-corrected chi connectivity index (χ2v) is 6.59. The predicted octanol–water partition coefficient (Wildman–Crippen LogP) is 2.36. The van der Waals surface area contributed by atoms with Crippen molar-refractivity contribution in [3.8, 4) is 11.4 Å². The number of hydrogen-bond acceptors (Lipinski definition) is 5. The van der Waals surface area contributed by atoms with Crippen molar-refractivity contribution < 1.29 is 4.39 Å². The molecule has 0 aliphatic carbocycles. The van der Waals surface area contributed by atoms with Gasteiger partial charge in [-0.1, -0.05) is 23.9 Å². The molecule has 1 aromatic heterocycles. The largest absolute Gasteiger partial charge is 0.309 e. The van der Waals surface area contributed by atoms with Gasteiger partial charge in [-0.3, -0.25) is 9.47 Å². The molecule has 0 amide bonds. The third-order valence-corrected chi connectivity index (χ3v) is 4.68. The van der Waals surface area contributed by atoms with E-state index in [1.807, 2.05) is 10.6 Å². The number of fused-ring (bicyclic) bond motifs is 1. The lowest BCUT2D eigenvalue weighted by Gasteiger charge is -2.28. The Balaban J connectivity index is 1.76. The zero-order valence-corrected chi connectivity index (χ0v) is 13.7. The Labute approximate surface area is 134 Å². The van der Waals surface area contributed by atoms with Crippen LogP contribution in [0.4, 0.5) is 4.39 Å². The van der Waals surface area contributed by atoms with Gasteiger partial charge in [-0.25, -0.2) is 4.39 Å². The van der Waals surface area contributed by atoms with E-state index < -0.39 is 0 Å². The van der Waals surface area contributed by atoms with E-state index in [1.165, 1.54) is 6.07 Å². The molecule has 1 aliphatic rings. The summed E-state index contributed by atoms with van der Waals surface area (Å²) in [4.78, 5) is 4.53. The van der Waals surface area contributed by atoms with E-state index in [2.05, 4.69) is 34.1 Å². The van der Waals surface area contributed by atoms with Crippen LogP contribution in [-0.2, 0) is 6.67 Å². The van der Waals surface area contributed by atoms with Crippen LogP contribution in [0, 0.1) is 5.82 Å². The lowest BCUT2D eigenvalue weighted by atomic mass is 10.2. The standard InChI is InChI=1S/C15H20FN5S/c1-19(2)8-5-9-20-10-21-14(17-18-15(21)22-11-20)12-6-3-4-7-13(12)16/h3-4,6-7H,5,8-11H2,1-2H3. The predicted molar refractivity (Wildman–Crippen MR) is 86.0 cm³/mol. The molecule has 0 unspecified atom stereocenters. The van der Waals surface area contributed by atoms with E-state index in [-0.39, 0.29) is 5.82 Å². The highest BCUT2D eigenvalue weighted by atomic mass is 32.2. The first kappa shape index (κ1) is 15.5. The van der Waals surface area contributed by atoms with Crippen LogP contribution in [0.1, 0.15) is 6.42 Å². The summed E-state index contributed by atoms with van der Waals surface area (Å²) in [7, 11) is 4.16. The third-order valence-electron chi connectivity index (χ3n) is 3.63. The van der Waals surface area contributed by atoms with Gasteiger partial charge in [0, 0.05) is 6.54 Å². The molecule has 118 valence electrons.